The van der Waals surface area contributed by atoms with Crippen LogP contribution in [0.15, 0.2) is 12.4 Å². The molecule has 15 heavy (non-hydrogen) atoms. The van der Waals surface area contributed by atoms with Crippen LogP contribution in [0.3, 0.4) is 0 Å². The Labute approximate surface area is 104 Å². The van der Waals surface area contributed by atoms with Gasteiger partial charge in [0.05, 0.1) is 12.1 Å². The van der Waals surface area contributed by atoms with Gasteiger partial charge in [0.2, 0.25) is 5.95 Å². The summed E-state index contributed by atoms with van der Waals surface area (Å²) in [5.41, 5.74) is -0.299. The number of halogens is 1. The average Bonchev–Trinajstić information content (AvgIpc) is 2.29. The Hall–Kier alpha value is -0.430. The molecule has 0 aliphatic heterocycles. The highest BCUT2D eigenvalue weighted by Crippen LogP contribution is 2.19. The van der Waals surface area contributed by atoms with Crippen LogP contribution in [0.2, 0.25) is 0 Å². The van der Waals surface area contributed by atoms with Crippen molar-refractivity contribution >= 4 is 28.5 Å². The van der Waals surface area contributed by atoms with E-state index < -0.39 is 0 Å². The number of aliphatic hydroxyl groups is 1. The van der Waals surface area contributed by atoms with Crippen LogP contribution in [-0.4, -0.2) is 27.2 Å². The van der Waals surface area contributed by atoms with Gasteiger partial charge in [-0.25, -0.2) is 9.97 Å². The minimum atomic E-state index is -0.299. The predicted octanol–water partition coefficient (Wildman–Crippen LogP) is 2.04. The molecule has 0 amide bonds. The number of hydrogen-bond acceptors (Lipinski definition) is 4. The van der Waals surface area contributed by atoms with Gasteiger partial charge >= 0.3 is 0 Å². The molecular formula is C10H16IN3O. The molecule has 0 aliphatic rings. The second-order valence-corrected chi connectivity index (χ2v) is 4.74. The maximum atomic E-state index is 9.37. The highest BCUT2D eigenvalue weighted by atomic mass is 127. The molecular weight excluding hydrogens is 305 g/mol. The lowest BCUT2D eigenvalue weighted by atomic mass is 9.94. The Morgan fingerprint density at radius 3 is 2.27 bits per heavy atom. The van der Waals surface area contributed by atoms with E-state index in [1.165, 1.54) is 0 Å². The van der Waals surface area contributed by atoms with Crippen molar-refractivity contribution in [2.45, 2.75) is 32.2 Å². The number of aliphatic hydroxyl groups excluding tert-OH is 1. The van der Waals surface area contributed by atoms with Crippen LogP contribution in [0.4, 0.5) is 5.95 Å². The molecule has 0 spiro atoms. The Morgan fingerprint density at radius 1 is 1.33 bits per heavy atom. The van der Waals surface area contributed by atoms with Crippen molar-refractivity contribution in [1.29, 1.82) is 0 Å². The van der Waals surface area contributed by atoms with Crippen molar-refractivity contribution in [2.24, 2.45) is 0 Å². The molecule has 0 fully saturated rings. The average molecular weight is 321 g/mol. The first-order valence-electron chi connectivity index (χ1n) is 5.02. The SMILES string of the molecule is CCC(CC)(CO)Nc1ncc(I)cn1. The standard InChI is InChI=1S/C10H16IN3O/c1-3-10(4-2,7-15)14-9-12-5-8(11)6-13-9/h5-6,15H,3-4,7H2,1-2H3,(H,12,13,14). The molecule has 1 aromatic rings. The van der Waals surface area contributed by atoms with Crippen molar-refractivity contribution < 1.29 is 5.11 Å². The second-order valence-electron chi connectivity index (χ2n) is 3.50. The fourth-order valence-corrected chi connectivity index (χ4v) is 1.58. The van der Waals surface area contributed by atoms with Gasteiger partial charge in [0.15, 0.2) is 0 Å². The number of rotatable bonds is 5. The molecule has 84 valence electrons. The normalized spacial score (nSPS) is 11.5. The van der Waals surface area contributed by atoms with E-state index in [9.17, 15) is 5.11 Å². The molecule has 0 aliphatic carbocycles. The van der Waals surface area contributed by atoms with Crippen molar-refractivity contribution in [3.63, 3.8) is 0 Å². The molecule has 1 aromatic heterocycles. The van der Waals surface area contributed by atoms with Crippen LogP contribution in [0.25, 0.3) is 0 Å². The molecule has 0 unspecified atom stereocenters. The zero-order valence-corrected chi connectivity index (χ0v) is 11.2. The van der Waals surface area contributed by atoms with Crippen LogP contribution in [0, 0.1) is 3.57 Å². The Bertz CT molecular complexity index is 290. The number of aromatic nitrogens is 2. The van der Waals surface area contributed by atoms with Gasteiger partial charge in [-0.15, -0.1) is 0 Å². The highest BCUT2D eigenvalue weighted by Gasteiger charge is 2.25. The number of nitrogens with zero attached hydrogens (tertiary/aromatic N) is 2. The molecule has 0 aromatic carbocycles. The summed E-state index contributed by atoms with van der Waals surface area (Å²) < 4.78 is 1.00. The third kappa shape index (κ3) is 3.27. The number of nitrogens with one attached hydrogen (secondary N) is 1. The van der Waals surface area contributed by atoms with E-state index in [-0.39, 0.29) is 12.1 Å². The fourth-order valence-electron chi connectivity index (χ4n) is 1.30. The molecule has 1 rings (SSSR count). The molecule has 0 bridgehead atoms. The molecule has 1 heterocycles. The summed E-state index contributed by atoms with van der Waals surface area (Å²) in [4.78, 5) is 8.33. The molecule has 5 heteroatoms. The second kappa shape index (κ2) is 5.60. The van der Waals surface area contributed by atoms with Crippen LogP contribution in [0.1, 0.15) is 26.7 Å². The summed E-state index contributed by atoms with van der Waals surface area (Å²) >= 11 is 2.16. The van der Waals surface area contributed by atoms with Crippen LogP contribution in [-0.2, 0) is 0 Å². The van der Waals surface area contributed by atoms with Crippen LogP contribution in [0.5, 0.6) is 0 Å². The predicted molar refractivity (Wildman–Crippen MR) is 68.8 cm³/mol. The van der Waals surface area contributed by atoms with E-state index in [0.717, 1.165) is 16.4 Å². The van der Waals surface area contributed by atoms with E-state index in [4.69, 9.17) is 0 Å². The first kappa shape index (κ1) is 12.6. The zero-order valence-electron chi connectivity index (χ0n) is 9.00. The van der Waals surface area contributed by atoms with Gasteiger partial charge in [-0.1, -0.05) is 13.8 Å². The Morgan fingerprint density at radius 2 is 1.87 bits per heavy atom. The lowest BCUT2D eigenvalue weighted by molar-refractivity contribution is 0.201. The van der Waals surface area contributed by atoms with E-state index in [1.54, 1.807) is 12.4 Å². The van der Waals surface area contributed by atoms with Gasteiger partial charge in [-0.3, -0.25) is 0 Å². The maximum Gasteiger partial charge on any atom is 0.223 e. The summed E-state index contributed by atoms with van der Waals surface area (Å²) in [5.74, 6) is 0.577. The minimum absolute atomic E-state index is 0.0926. The van der Waals surface area contributed by atoms with Gasteiger partial charge in [-0.05, 0) is 35.4 Å². The molecule has 4 nitrogen and oxygen atoms in total. The monoisotopic (exact) mass is 321 g/mol. The van der Waals surface area contributed by atoms with Gasteiger partial charge < -0.3 is 10.4 Å². The molecule has 0 atom stereocenters. The van der Waals surface area contributed by atoms with E-state index in [1.807, 2.05) is 13.8 Å². The molecule has 2 N–H and O–H groups in total. The van der Waals surface area contributed by atoms with Gasteiger partial charge in [-0.2, -0.15) is 0 Å². The lowest BCUT2D eigenvalue weighted by Crippen LogP contribution is -2.41. The smallest absolute Gasteiger partial charge is 0.223 e. The summed E-state index contributed by atoms with van der Waals surface area (Å²) in [7, 11) is 0. The zero-order chi connectivity index (χ0) is 11.3. The molecule has 0 saturated heterocycles. The van der Waals surface area contributed by atoms with Crippen LogP contribution < -0.4 is 5.32 Å². The fraction of sp³-hybridized carbons (Fsp3) is 0.600. The van der Waals surface area contributed by atoms with E-state index in [0.29, 0.717) is 5.95 Å². The third-order valence-corrected chi connectivity index (χ3v) is 3.21. The largest absolute Gasteiger partial charge is 0.394 e. The van der Waals surface area contributed by atoms with Crippen molar-refractivity contribution in [3.8, 4) is 0 Å². The van der Waals surface area contributed by atoms with Gasteiger partial charge in [0.25, 0.3) is 0 Å². The summed E-state index contributed by atoms with van der Waals surface area (Å²) in [6.45, 7) is 4.17. The van der Waals surface area contributed by atoms with Crippen molar-refractivity contribution in [2.75, 3.05) is 11.9 Å². The first-order chi connectivity index (χ1) is 7.15. The third-order valence-electron chi connectivity index (χ3n) is 2.65. The van der Waals surface area contributed by atoms with E-state index in [2.05, 4.69) is 37.9 Å². The first-order valence-corrected chi connectivity index (χ1v) is 6.10. The highest BCUT2D eigenvalue weighted by molar-refractivity contribution is 14.1. The van der Waals surface area contributed by atoms with Gasteiger partial charge in [0.1, 0.15) is 0 Å². The van der Waals surface area contributed by atoms with Crippen molar-refractivity contribution in [1.82, 2.24) is 9.97 Å². The van der Waals surface area contributed by atoms with Crippen molar-refractivity contribution in [3.05, 3.63) is 16.0 Å². The summed E-state index contributed by atoms with van der Waals surface area (Å²) in [5, 5.41) is 12.6. The Balaban J connectivity index is 2.78. The summed E-state index contributed by atoms with van der Waals surface area (Å²) in [6, 6.07) is 0. The topological polar surface area (TPSA) is 58.0 Å². The van der Waals surface area contributed by atoms with E-state index >= 15 is 0 Å². The maximum absolute atomic E-state index is 9.37. The summed E-state index contributed by atoms with van der Waals surface area (Å²) in [6.07, 6.45) is 5.19. The Kier molecular flexibility index (Phi) is 4.72. The van der Waals surface area contributed by atoms with Gasteiger partial charge in [0, 0.05) is 16.0 Å². The molecule has 0 radical (unpaired) electrons. The number of hydrogen-bond donors (Lipinski definition) is 2. The number of anilines is 1. The van der Waals surface area contributed by atoms with Crippen LogP contribution >= 0.6 is 22.6 Å². The molecule has 0 saturated carbocycles. The quantitative estimate of drug-likeness (QED) is 0.815. The minimum Gasteiger partial charge on any atom is -0.394 e. The lowest BCUT2D eigenvalue weighted by Gasteiger charge is -2.30.